The van der Waals surface area contributed by atoms with Gasteiger partial charge in [-0.25, -0.2) is 9.97 Å². The molecule has 0 saturated carbocycles. The van der Waals surface area contributed by atoms with Gasteiger partial charge in [-0.15, -0.1) is 0 Å². The van der Waals surface area contributed by atoms with Crippen LogP contribution in [0.1, 0.15) is 20.8 Å². The third-order valence-corrected chi connectivity index (χ3v) is 3.79. The van der Waals surface area contributed by atoms with Crippen LogP contribution in [0.4, 0.5) is 5.69 Å². The van der Waals surface area contributed by atoms with Gasteiger partial charge in [0.1, 0.15) is 11.6 Å². The number of fused-ring (bicyclic) bond motifs is 1. The molecule has 3 rings (SSSR count). The number of carbonyl (C=O) groups excluding carboxylic acids is 1. The zero-order valence-electron chi connectivity index (χ0n) is 14.9. The lowest BCUT2D eigenvalue weighted by Crippen LogP contribution is -2.18. The molecule has 7 nitrogen and oxygen atoms in total. The highest BCUT2D eigenvalue weighted by Crippen LogP contribution is 2.31. The Morgan fingerprint density at radius 2 is 2.12 bits per heavy atom. The van der Waals surface area contributed by atoms with Crippen LogP contribution in [0.25, 0.3) is 22.4 Å². The molecule has 0 spiro atoms. The lowest BCUT2D eigenvalue weighted by Gasteiger charge is -2.13. The van der Waals surface area contributed by atoms with E-state index in [1.54, 1.807) is 36.5 Å². The average Bonchev–Trinajstić information content (AvgIpc) is 2.63. The molecule has 7 heteroatoms. The smallest absolute Gasteiger partial charge is 0.277 e. The van der Waals surface area contributed by atoms with E-state index in [0.29, 0.717) is 34.9 Å². The lowest BCUT2D eigenvalue weighted by atomic mass is 10.1. The van der Waals surface area contributed by atoms with Crippen molar-refractivity contribution in [2.24, 2.45) is 5.92 Å². The Morgan fingerprint density at radius 1 is 1.31 bits per heavy atom. The maximum atomic E-state index is 12.3. The van der Waals surface area contributed by atoms with E-state index in [2.05, 4.69) is 20.3 Å². The normalized spacial score (nSPS) is 10.9. The number of ether oxygens (including phenoxy) is 1. The Kier molecular flexibility index (Phi) is 4.97. The van der Waals surface area contributed by atoms with Crippen molar-refractivity contribution in [1.29, 1.82) is 0 Å². The fraction of sp³-hybridized carbons (Fsp3) is 0.263. The molecule has 0 saturated heterocycles. The summed E-state index contributed by atoms with van der Waals surface area (Å²) < 4.78 is 5.66. The number of rotatable bonds is 5. The minimum atomic E-state index is -0.329. The van der Waals surface area contributed by atoms with Crippen LogP contribution in [0.3, 0.4) is 0 Å². The number of aromatic amines is 1. The molecule has 2 heterocycles. The first-order valence-electron chi connectivity index (χ1n) is 8.42. The summed E-state index contributed by atoms with van der Waals surface area (Å²) in [6.45, 7) is 5.98. The molecule has 1 aromatic carbocycles. The van der Waals surface area contributed by atoms with Gasteiger partial charge in [0, 0.05) is 17.8 Å². The summed E-state index contributed by atoms with van der Waals surface area (Å²) >= 11 is 0. The Hall–Kier alpha value is -3.22. The molecule has 26 heavy (non-hydrogen) atoms. The number of pyridine rings is 1. The summed E-state index contributed by atoms with van der Waals surface area (Å²) in [4.78, 5) is 35.6. The van der Waals surface area contributed by atoms with E-state index in [-0.39, 0.29) is 22.9 Å². The highest BCUT2D eigenvalue weighted by molar-refractivity contribution is 5.93. The number of H-pyrrole nitrogens is 1. The first kappa shape index (κ1) is 17.6. The van der Waals surface area contributed by atoms with Gasteiger partial charge in [-0.1, -0.05) is 13.8 Å². The molecule has 0 aliphatic carbocycles. The second kappa shape index (κ2) is 7.35. The molecule has 0 aliphatic rings. The Labute approximate surface area is 150 Å². The number of nitrogens with zero attached hydrogens (tertiary/aromatic N) is 2. The zero-order chi connectivity index (χ0) is 18.7. The van der Waals surface area contributed by atoms with Crippen LogP contribution < -0.4 is 15.6 Å². The minimum absolute atomic E-state index is 0.0933. The van der Waals surface area contributed by atoms with Gasteiger partial charge in [-0.05, 0) is 37.3 Å². The third-order valence-electron chi connectivity index (χ3n) is 3.79. The number of nitrogens with one attached hydrogen (secondary N) is 2. The topological polar surface area (TPSA) is 97.0 Å². The molecule has 1 amide bonds. The summed E-state index contributed by atoms with van der Waals surface area (Å²) in [5.41, 5.74) is 1.64. The fourth-order valence-electron chi connectivity index (χ4n) is 2.47. The van der Waals surface area contributed by atoms with Crippen LogP contribution in [0.2, 0.25) is 0 Å². The number of hydrogen-bond donors (Lipinski definition) is 2. The summed E-state index contributed by atoms with van der Waals surface area (Å²) in [7, 11) is 0. The molecular weight excluding hydrogens is 332 g/mol. The van der Waals surface area contributed by atoms with Gasteiger partial charge in [0.05, 0.1) is 17.7 Å². The van der Waals surface area contributed by atoms with E-state index in [9.17, 15) is 9.59 Å². The predicted octanol–water partition coefficient (Wildman–Crippen LogP) is 2.98. The van der Waals surface area contributed by atoms with Gasteiger partial charge in [-0.3, -0.25) is 9.59 Å². The second-order valence-electron chi connectivity index (χ2n) is 6.07. The van der Waals surface area contributed by atoms with Crippen molar-refractivity contribution in [2.45, 2.75) is 20.8 Å². The SMILES string of the molecule is CCOc1ccc(NC(=O)C(C)C)cc1-c1nc2cccnc2c(=O)[nH]1. The Bertz CT molecular complexity index is 1010. The molecule has 0 bridgehead atoms. The number of aromatic nitrogens is 3. The van der Waals surface area contributed by atoms with Crippen molar-refractivity contribution < 1.29 is 9.53 Å². The Morgan fingerprint density at radius 3 is 2.85 bits per heavy atom. The maximum Gasteiger partial charge on any atom is 0.277 e. The number of anilines is 1. The van der Waals surface area contributed by atoms with E-state index in [1.165, 1.54) is 0 Å². The van der Waals surface area contributed by atoms with E-state index in [1.807, 2.05) is 20.8 Å². The van der Waals surface area contributed by atoms with Crippen molar-refractivity contribution in [2.75, 3.05) is 11.9 Å². The third kappa shape index (κ3) is 3.56. The monoisotopic (exact) mass is 352 g/mol. The summed E-state index contributed by atoms with van der Waals surface area (Å²) in [6, 6.07) is 8.70. The van der Waals surface area contributed by atoms with Crippen LogP contribution in [0.5, 0.6) is 5.75 Å². The average molecular weight is 352 g/mol. The van der Waals surface area contributed by atoms with Gasteiger partial charge < -0.3 is 15.0 Å². The fourth-order valence-corrected chi connectivity index (χ4v) is 2.47. The molecule has 2 aromatic heterocycles. The van der Waals surface area contributed by atoms with Gasteiger partial charge in [-0.2, -0.15) is 0 Å². The van der Waals surface area contributed by atoms with E-state index < -0.39 is 0 Å². The number of benzene rings is 1. The van der Waals surface area contributed by atoms with E-state index in [0.717, 1.165) is 0 Å². The quantitative estimate of drug-likeness (QED) is 0.736. The standard InChI is InChI=1S/C19H20N4O3/c1-4-26-15-8-7-12(21-18(24)11(2)3)10-13(15)17-22-14-6-5-9-20-16(14)19(25)23-17/h5-11H,4H2,1-3H3,(H,21,24)(H,22,23,25). The first-order chi connectivity index (χ1) is 12.5. The minimum Gasteiger partial charge on any atom is -0.493 e. The molecule has 0 unspecified atom stereocenters. The summed E-state index contributed by atoms with van der Waals surface area (Å²) in [5.74, 6) is 0.694. The van der Waals surface area contributed by atoms with Crippen molar-refractivity contribution in [1.82, 2.24) is 15.0 Å². The summed E-state index contributed by atoms with van der Waals surface area (Å²) in [5, 5.41) is 2.85. The summed E-state index contributed by atoms with van der Waals surface area (Å²) in [6.07, 6.45) is 1.55. The van der Waals surface area contributed by atoms with Crippen molar-refractivity contribution in [3.8, 4) is 17.1 Å². The van der Waals surface area contributed by atoms with Crippen molar-refractivity contribution in [3.63, 3.8) is 0 Å². The highest BCUT2D eigenvalue weighted by atomic mass is 16.5. The largest absolute Gasteiger partial charge is 0.493 e. The molecular formula is C19H20N4O3. The van der Waals surface area contributed by atoms with Gasteiger partial charge in [0.25, 0.3) is 5.56 Å². The van der Waals surface area contributed by atoms with Crippen LogP contribution in [-0.2, 0) is 4.79 Å². The van der Waals surface area contributed by atoms with E-state index in [4.69, 9.17) is 4.74 Å². The maximum absolute atomic E-state index is 12.3. The molecule has 0 atom stereocenters. The molecule has 3 aromatic rings. The molecule has 0 fully saturated rings. The Balaban J connectivity index is 2.12. The van der Waals surface area contributed by atoms with Gasteiger partial charge in [0.15, 0.2) is 5.52 Å². The van der Waals surface area contributed by atoms with Gasteiger partial charge in [0.2, 0.25) is 5.91 Å². The van der Waals surface area contributed by atoms with E-state index >= 15 is 0 Å². The van der Waals surface area contributed by atoms with Gasteiger partial charge >= 0.3 is 0 Å². The molecule has 0 radical (unpaired) electrons. The van der Waals surface area contributed by atoms with Crippen LogP contribution in [-0.4, -0.2) is 27.5 Å². The first-order valence-corrected chi connectivity index (χ1v) is 8.42. The van der Waals surface area contributed by atoms with Crippen LogP contribution >= 0.6 is 0 Å². The van der Waals surface area contributed by atoms with Crippen molar-refractivity contribution in [3.05, 3.63) is 46.9 Å². The van der Waals surface area contributed by atoms with Crippen molar-refractivity contribution >= 4 is 22.6 Å². The number of hydrogen-bond acceptors (Lipinski definition) is 5. The molecule has 2 N–H and O–H groups in total. The number of carbonyl (C=O) groups is 1. The molecule has 134 valence electrons. The highest BCUT2D eigenvalue weighted by Gasteiger charge is 2.14. The predicted molar refractivity (Wildman–Crippen MR) is 100 cm³/mol. The second-order valence-corrected chi connectivity index (χ2v) is 6.07. The molecule has 0 aliphatic heterocycles. The van der Waals surface area contributed by atoms with Crippen LogP contribution in [0.15, 0.2) is 41.3 Å². The zero-order valence-corrected chi connectivity index (χ0v) is 14.9. The number of amides is 1. The lowest BCUT2D eigenvalue weighted by molar-refractivity contribution is -0.118. The van der Waals surface area contributed by atoms with Crippen LogP contribution in [0, 0.1) is 5.92 Å².